The molecule has 0 aliphatic carbocycles. The summed E-state index contributed by atoms with van der Waals surface area (Å²) < 4.78 is 18.2. The second kappa shape index (κ2) is 9.23. The van der Waals surface area contributed by atoms with Crippen LogP contribution < -0.4 is 5.32 Å². The van der Waals surface area contributed by atoms with Crippen LogP contribution in [0.25, 0.3) is 11.4 Å². The smallest absolute Gasteiger partial charge is 0.227 e. The van der Waals surface area contributed by atoms with E-state index in [1.807, 2.05) is 49.3 Å². The van der Waals surface area contributed by atoms with Crippen LogP contribution in [0.1, 0.15) is 23.9 Å². The number of halogens is 1. The van der Waals surface area contributed by atoms with Crippen molar-refractivity contribution in [2.45, 2.75) is 18.9 Å². The zero-order valence-electron chi connectivity index (χ0n) is 15.9. The summed E-state index contributed by atoms with van der Waals surface area (Å²) in [4.78, 5) is 18.7. The number of nitrogens with zero attached hydrogens (tertiary/aromatic N) is 3. The first-order valence-corrected chi connectivity index (χ1v) is 9.09. The molecular formula is C21H23FN4O2. The number of benzene rings is 2. The lowest BCUT2D eigenvalue weighted by molar-refractivity contribution is -0.122. The topological polar surface area (TPSA) is 71.3 Å². The summed E-state index contributed by atoms with van der Waals surface area (Å²) in [6, 6.07) is 15.6. The first kappa shape index (κ1) is 19.7. The Hall–Kier alpha value is -3.06. The molecule has 1 heterocycles. The van der Waals surface area contributed by atoms with Gasteiger partial charge in [0.25, 0.3) is 0 Å². The van der Waals surface area contributed by atoms with Crippen LogP contribution in [0.15, 0.2) is 59.1 Å². The molecule has 1 amide bonds. The predicted octanol–water partition coefficient (Wildman–Crippen LogP) is 3.23. The van der Waals surface area contributed by atoms with Crippen LogP contribution in [0, 0.1) is 5.82 Å². The lowest BCUT2D eigenvalue weighted by Crippen LogP contribution is -2.35. The maximum Gasteiger partial charge on any atom is 0.227 e. The van der Waals surface area contributed by atoms with Crippen molar-refractivity contribution in [2.24, 2.45) is 0 Å². The summed E-state index contributed by atoms with van der Waals surface area (Å²) in [5.74, 6) is 0.343. The van der Waals surface area contributed by atoms with E-state index in [-0.39, 0.29) is 24.2 Å². The number of rotatable bonds is 8. The third kappa shape index (κ3) is 5.47. The summed E-state index contributed by atoms with van der Waals surface area (Å²) in [7, 11) is 3.94. The highest BCUT2D eigenvalue weighted by atomic mass is 19.1. The van der Waals surface area contributed by atoms with Crippen molar-refractivity contribution in [3.05, 3.63) is 71.9 Å². The van der Waals surface area contributed by atoms with Gasteiger partial charge in [-0.15, -0.1) is 0 Å². The summed E-state index contributed by atoms with van der Waals surface area (Å²) in [5, 5.41) is 6.96. The van der Waals surface area contributed by atoms with E-state index >= 15 is 0 Å². The zero-order valence-corrected chi connectivity index (χ0v) is 15.9. The molecule has 0 saturated heterocycles. The highest BCUT2D eigenvalue weighted by Crippen LogP contribution is 2.17. The largest absolute Gasteiger partial charge is 0.348 e. The first-order chi connectivity index (χ1) is 13.5. The SMILES string of the molecule is CN(C)C[C@H](NC(=O)CCc1nc(-c2ccc(F)cc2)no1)c1ccccc1. The molecule has 0 radical (unpaired) electrons. The third-order valence-corrected chi connectivity index (χ3v) is 4.22. The van der Waals surface area contributed by atoms with Crippen LogP contribution in [0.3, 0.4) is 0 Å². The minimum absolute atomic E-state index is 0.0859. The Morgan fingerprint density at radius 2 is 1.86 bits per heavy atom. The third-order valence-electron chi connectivity index (χ3n) is 4.22. The van der Waals surface area contributed by atoms with Gasteiger partial charge < -0.3 is 14.7 Å². The molecule has 7 heteroatoms. The summed E-state index contributed by atoms with van der Waals surface area (Å²) in [6.45, 7) is 0.699. The van der Waals surface area contributed by atoms with E-state index in [9.17, 15) is 9.18 Å². The standard InChI is InChI=1S/C21H23FN4O2/c1-26(2)14-18(15-6-4-3-5-7-15)23-19(27)12-13-20-24-21(25-28-20)16-8-10-17(22)11-9-16/h3-11,18H,12-14H2,1-2H3,(H,23,27)/t18-/m0/s1. The van der Waals surface area contributed by atoms with E-state index in [0.717, 1.165) is 5.56 Å². The molecule has 6 nitrogen and oxygen atoms in total. The van der Waals surface area contributed by atoms with E-state index < -0.39 is 0 Å². The van der Waals surface area contributed by atoms with Gasteiger partial charge in [0, 0.05) is 24.9 Å². The number of carbonyl (C=O) groups is 1. The van der Waals surface area contributed by atoms with E-state index in [4.69, 9.17) is 4.52 Å². The Labute approximate surface area is 163 Å². The highest BCUT2D eigenvalue weighted by molar-refractivity contribution is 5.76. The first-order valence-electron chi connectivity index (χ1n) is 9.09. The van der Waals surface area contributed by atoms with Gasteiger partial charge in [-0.3, -0.25) is 4.79 Å². The van der Waals surface area contributed by atoms with Crippen LogP contribution in [-0.4, -0.2) is 41.6 Å². The van der Waals surface area contributed by atoms with Gasteiger partial charge in [-0.25, -0.2) is 4.39 Å². The molecule has 3 aromatic rings. The fraction of sp³-hybridized carbons (Fsp3) is 0.286. The second-order valence-electron chi connectivity index (χ2n) is 6.81. The molecule has 2 aromatic carbocycles. The lowest BCUT2D eigenvalue weighted by atomic mass is 10.1. The van der Waals surface area contributed by atoms with Crippen molar-refractivity contribution in [3.63, 3.8) is 0 Å². The molecule has 1 atom stereocenters. The quantitative estimate of drug-likeness (QED) is 0.648. The number of carbonyl (C=O) groups excluding carboxylic acids is 1. The molecule has 0 bridgehead atoms. The van der Waals surface area contributed by atoms with Crippen molar-refractivity contribution in [3.8, 4) is 11.4 Å². The lowest BCUT2D eigenvalue weighted by Gasteiger charge is -2.22. The van der Waals surface area contributed by atoms with Crippen LogP contribution in [0.5, 0.6) is 0 Å². The summed E-state index contributed by atoms with van der Waals surface area (Å²) >= 11 is 0. The molecule has 1 aromatic heterocycles. The molecule has 28 heavy (non-hydrogen) atoms. The Bertz CT molecular complexity index is 894. The predicted molar refractivity (Wildman–Crippen MR) is 104 cm³/mol. The van der Waals surface area contributed by atoms with E-state index in [0.29, 0.717) is 30.2 Å². The van der Waals surface area contributed by atoms with Crippen LogP contribution in [0.4, 0.5) is 4.39 Å². The molecule has 0 aliphatic rings. The molecule has 1 N–H and O–H groups in total. The molecular weight excluding hydrogens is 359 g/mol. The number of aromatic nitrogens is 2. The number of amides is 1. The van der Waals surface area contributed by atoms with E-state index in [1.165, 1.54) is 12.1 Å². The van der Waals surface area contributed by atoms with E-state index in [1.54, 1.807) is 12.1 Å². The van der Waals surface area contributed by atoms with Crippen molar-refractivity contribution in [1.82, 2.24) is 20.4 Å². The Morgan fingerprint density at radius 3 is 2.54 bits per heavy atom. The van der Waals surface area contributed by atoms with Gasteiger partial charge in [-0.05, 0) is 43.9 Å². The molecule has 0 saturated carbocycles. The number of nitrogens with one attached hydrogen (secondary N) is 1. The van der Waals surface area contributed by atoms with Crippen molar-refractivity contribution in [1.29, 1.82) is 0 Å². The number of hydrogen-bond donors (Lipinski definition) is 1. The Morgan fingerprint density at radius 1 is 1.14 bits per heavy atom. The van der Waals surface area contributed by atoms with Gasteiger partial charge in [0.05, 0.1) is 6.04 Å². The van der Waals surface area contributed by atoms with Crippen molar-refractivity contribution < 1.29 is 13.7 Å². The average Bonchev–Trinajstić information content (AvgIpc) is 3.16. The van der Waals surface area contributed by atoms with E-state index in [2.05, 4.69) is 15.5 Å². The number of aryl methyl sites for hydroxylation is 1. The maximum atomic E-state index is 13.0. The van der Waals surface area contributed by atoms with Crippen molar-refractivity contribution >= 4 is 5.91 Å². The highest BCUT2D eigenvalue weighted by Gasteiger charge is 2.16. The second-order valence-corrected chi connectivity index (χ2v) is 6.81. The van der Waals surface area contributed by atoms with Crippen LogP contribution in [0.2, 0.25) is 0 Å². The molecule has 0 unspecified atom stereocenters. The monoisotopic (exact) mass is 382 g/mol. The van der Waals surface area contributed by atoms with Crippen LogP contribution in [-0.2, 0) is 11.2 Å². The Kier molecular flexibility index (Phi) is 6.49. The van der Waals surface area contributed by atoms with Gasteiger partial charge in [-0.2, -0.15) is 4.98 Å². The van der Waals surface area contributed by atoms with Crippen molar-refractivity contribution in [2.75, 3.05) is 20.6 Å². The normalized spacial score (nSPS) is 12.1. The van der Waals surface area contributed by atoms with Crippen LogP contribution >= 0.6 is 0 Å². The zero-order chi connectivity index (χ0) is 19.9. The Balaban J connectivity index is 1.58. The van der Waals surface area contributed by atoms with Gasteiger partial charge in [0.1, 0.15) is 5.82 Å². The molecule has 3 rings (SSSR count). The summed E-state index contributed by atoms with van der Waals surface area (Å²) in [5.41, 5.74) is 1.72. The molecule has 0 aliphatic heterocycles. The number of hydrogen-bond acceptors (Lipinski definition) is 5. The van der Waals surface area contributed by atoms with Gasteiger partial charge >= 0.3 is 0 Å². The minimum Gasteiger partial charge on any atom is -0.348 e. The molecule has 0 spiro atoms. The maximum absolute atomic E-state index is 13.0. The molecule has 146 valence electrons. The summed E-state index contributed by atoms with van der Waals surface area (Å²) in [6.07, 6.45) is 0.575. The van der Waals surface area contributed by atoms with Gasteiger partial charge in [0.15, 0.2) is 0 Å². The van der Waals surface area contributed by atoms with Gasteiger partial charge in [0.2, 0.25) is 17.6 Å². The van der Waals surface area contributed by atoms with Gasteiger partial charge in [-0.1, -0.05) is 35.5 Å². The average molecular weight is 382 g/mol. The molecule has 0 fully saturated rings. The minimum atomic E-state index is -0.324. The number of likely N-dealkylation sites (N-methyl/N-ethyl adjacent to an activating group) is 1. The fourth-order valence-electron chi connectivity index (χ4n) is 2.84. The fourth-order valence-corrected chi connectivity index (χ4v) is 2.84.